The van der Waals surface area contributed by atoms with Crippen molar-refractivity contribution in [2.24, 2.45) is 0 Å². The quantitative estimate of drug-likeness (QED) is 0.578. The Balaban J connectivity index is 4.34. The van der Waals surface area contributed by atoms with E-state index in [9.17, 15) is 0 Å². The Bertz CT molecular complexity index is 170. The molecule has 0 amide bonds. The first-order chi connectivity index (χ1) is 6.74. The zero-order chi connectivity index (χ0) is 10.9. The molecule has 0 aliphatic heterocycles. The van der Waals surface area contributed by atoms with E-state index >= 15 is 0 Å². The molecule has 3 heteroatoms. The average Bonchev–Trinajstić information content (AvgIpc) is 2.22. The molecule has 0 aromatic rings. The maximum atomic E-state index is 5.78. The van der Waals surface area contributed by atoms with Gasteiger partial charge in [-0.1, -0.05) is 19.9 Å². The Morgan fingerprint density at radius 2 is 1.64 bits per heavy atom. The largest absolute Gasteiger partial charge is 0.391 e. The van der Waals surface area contributed by atoms with E-state index in [1.807, 2.05) is 24.4 Å². The molecule has 82 valence electrons. The predicted octanol–water partition coefficient (Wildman–Crippen LogP) is 3.12. The molecule has 0 N–H and O–H groups in total. The summed E-state index contributed by atoms with van der Waals surface area (Å²) in [6.07, 6.45) is 4.00. The van der Waals surface area contributed by atoms with Gasteiger partial charge in [0, 0.05) is 13.2 Å². The highest BCUT2D eigenvalue weighted by Crippen LogP contribution is 2.12. The molecule has 14 heavy (non-hydrogen) atoms. The van der Waals surface area contributed by atoms with Gasteiger partial charge in [0.2, 0.25) is 0 Å². The van der Waals surface area contributed by atoms with Crippen molar-refractivity contribution in [2.45, 2.75) is 33.6 Å². The minimum absolute atomic E-state index is 0.742. The molecule has 2 nitrogen and oxygen atoms in total. The van der Waals surface area contributed by atoms with Gasteiger partial charge in [-0.05, 0) is 31.2 Å². The number of hydrogen-bond donors (Lipinski definition) is 0. The van der Waals surface area contributed by atoms with Gasteiger partial charge in [0.15, 0.2) is 0 Å². The Kier molecular flexibility index (Phi) is 7.75. The lowest BCUT2D eigenvalue weighted by molar-refractivity contribution is 0.189. The molecule has 0 fully saturated rings. The molecule has 0 aromatic heterocycles. The monoisotopic (exact) mass is 214 g/mol. The first-order valence-electron chi connectivity index (χ1n) is 5.30. The highest BCUT2D eigenvalue weighted by atomic mass is 28.4. The van der Waals surface area contributed by atoms with Crippen LogP contribution in [0.3, 0.4) is 0 Å². The number of rotatable bonds is 8. The van der Waals surface area contributed by atoms with Crippen LogP contribution in [0.2, 0.25) is 0 Å². The van der Waals surface area contributed by atoms with Crippen molar-refractivity contribution in [1.29, 1.82) is 0 Å². The average molecular weight is 214 g/mol. The van der Waals surface area contributed by atoms with Crippen LogP contribution < -0.4 is 0 Å². The summed E-state index contributed by atoms with van der Waals surface area (Å²) in [5, 5.41) is 0. The zero-order valence-corrected chi connectivity index (χ0v) is 10.6. The maximum Gasteiger partial charge on any atom is 0.391 e. The zero-order valence-electron chi connectivity index (χ0n) is 9.58. The molecular weight excluding hydrogens is 192 g/mol. The Hall–Kier alpha value is -0.383. The number of allylic oxidation sites excluding steroid dienone is 1. The summed E-state index contributed by atoms with van der Waals surface area (Å²) in [5.41, 5.74) is 3.88. The van der Waals surface area contributed by atoms with Crippen molar-refractivity contribution in [3.05, 3.63) is 24.1 Å². The van der Waals surface area contributed by atoms with Gasteiger partial charge >= 0.3 is 8.56 Å². The highest BCUT2D eigenvalue weighted by molar-refractivity contribution is 6.77. The summed E-state index contributed by atoms with van der Waals surface area (Å²) in [4.78, 5) is 0. The van der Waals surface area contributed by atoms with Gasteiger partial charge in [-0.15, -0.1) is 6.58 Å². The first kappa shape index (κ1) is 13.6. The molecule has 0 aliphatic carbocycles. The molecule has 0 saturated carbocycles. The fourth-order valence-electron chi connectivity index (χ4n) is 1.08. The fraction of sp³-hybridized carbons (Fsp3) is 0.636. The van der Waals surface area contributed by atoms with E-state index in [1.54, 1.807) is 0 Å². The van der Waals surface area contributed by atoms with Crippen LogP contribution in [-0.2, 0) is 8.85 Å². The SMILES string of the molecule is C=C[Si](C=CC)(OCCC)OCCC. The van der Waals surface area contributed by atoms with Gasteiger partial charge < -0.3 is 8.85 Å². The van der Waals surface area contributed by atoms with Gasteiger partial charge in [-0.25, -0.2) is 0 Å². The smallest absolute Gasteiger partial charge is 0.388 e. The highest BCUT2D eigenvalue weighted by Gasteiger charge is 2.30. The van der Waals surface area contributed by atoms with Crippen LogP contribution in [0.4, 0.5) is 0 Å². The molecule has 0 atom stereocenters. The molecule has 0 unspecified atom stereocenters. The summed E-state index contributed by atoms with van der Waals surface area (Å²) in [6, 6.07) is 0. The summed E-state index contributed by atoms with van der Waals surface area (Å²) in [5.74, 6) is 0. The van der Waals surface area contributed by atoms with Crippen LogP contribution in [0.5, 0.6) is 0 Å². The van der Waals surface area contributed by atoms with Crippen LogP contribution in [-0.4, -0.2) is 21.8 Å². The van der Waals surface area contributed by atoms with Crippen molar-refractivity contribution in [3.8, 4) is 0 Å². The minimum Gasteiger partial charge on any atom is -0.388 e. The van der Waals surface area contributed by atoms with Crippen LogP contribution in [0, 0.1) is 0 Å². The summed E-state index contributed by atoms with van der Waals surface area (Å²) in [6.45, 7) is 11.5. The molecule has 0 bridgehead atoms. The van der Waals surface area contributed by atoms with Gasteiger partial charge in [0.1, 0.15) is 0 Å². The van der Waals surface area contributed by atoms with Crippen molar-refractivity contribution in [2.75, 3.05) is 13.2 Å². The molecule has 0 saturated heterocycles. The van der Waals surface area contributed by atoms with E-state index in [2.05, 4.69) is 20.4 Å². The molecule has 0 radical (unpaired) electrons. The van der Waals surface area contributed by atoms with E-state index in [-0.39, 0.29) is 0 Å². The van der Waals surface area contributed by atoms with Crippen molar-refractivity contribution in [1.82, 2.24) is 0 Å². The maximum absolute atomic E-state index is 5.78. The van der Waals surface area contributed by atoms with Crippen LogP contribution in [0.1, 0.15) is 33.6 Å². The van der Waals surface area contributed by atoms with Gasteiger partial charge in [-0.2, -0.15) is 0 Å². The second-order valence-electron chi connectivity index (χ2n) is 3.12. The van der Waals surface area contributed by atoms with E-state index in [0.29, 0.717) is 0 Å². The summed E-state index contributed by atoms with van der Waals surface area (Å²) in [7, 11) is -2.23. The molecule has 0 heterocycles. The molecular formula is C11H22O2Si. The van der Waals surface area contributed by atoms with Crippen LogP contribution >= 0.6 is 0 Å². The van der Waals surface area contributed by atoms with E-state index < -0.39 is 8.56 Å². The third-order valence-electron chi connectivity index (χ3n) is 1.75. The van der Waals surface area contributed by atoms with Crippen LogP contribution in [0.25, 0.3) is 0 Å². The second-order valence-corrected chi connectivity index (χ2v) is 5.88. The third kappa shape index (κ3) is 4.74. The van der Waals surface area contributed by atoms with Crippen molar-refractivity contribution >= 4 is 8.56 Å². The van der Waals surface area contributed by atoms with Crippen LogP contribution in [0.15, 0.2) is 24.1 Å². The lowest BCUT2D eigenvalue weighted by Gasteiger charge is -2.23. The van der Waals surface area contributed by atoms with Crippen molar-refractivity contribution in [3.63, 3.8) is 0 Å². The van der Waals surface area contributed by atoms with Gasteiger partial charge in [0.25, 0.3) is 0 Å². The van der Waals surface area contributed by atoms with Gasteiger partial charge in [-0.3, -0.25) is 0 Å². The predicted molar refractivity (Wildman–Crippen MR) is 63.3 cm³/mol. The Morgan fingerprint density at radius 1 is 1.14 bits per heavy atom. The Labute approximate surface area is 88.9 Å². The topological polar surface area (TPSA) is 18.5 Å². The summed E-state index contributed by atoms with van der Waals surface area (Å²) >= 11 is 0. The normalized spacial score (nSPS) is 12.2. The molecule has 0 aliphatic rings. The fourth-order valence-corrected chi connectivity index (χ4v) is 3.24. The lowest BCUT2D eigenvalue weighted by atomic mass is 10.5. The standard InChI is InChI=1S/C11H22O2Si/c1-5-9-12-14(8-4,11-7-3)13-10-6-2/h7-8,11H,4-6,9-10H2,1-3H3. The Morgan fingerprint density at radius 3 is 1.93 bits per heavy atom. The van der Waals surface area contributed by atoms with Gasteiger partial charge in [0.05, 0.1) is 0 Å². The lowest BCUT2D eigenvalue weighted by Crippen LogP contribution is -2.39. The van der Waals surface area contributed by atoms with E-state index in [1.165, 1.54) is 0 Å². The second kappa shape index (κ2) is 7.97. The number of hydrogen-bond acceptors (Lipinski definition) is 2. The first-order valence-corrected chi connectivity index (χ1v) is 7.27. The molecule has 0 spiro atoms. The molecule has 0 aromatic carbocycles. The van der Waals surface area contributed by atoms with E-state index in [0.717, 1.165) is 26.1 Å². The van der Waals surface area contributed by atoms with Crippen molar-refractivity contribution < 1.29 is 8.85 Å². The minimum atomic E-state index is -2.23. The third-order valence-corrected chi connectivity index (χ3v) is 4.42. The van der Waals surface area contributed by atoms with E-state index in [4.69, 9.17) is 8.85 Å². The molecule has 0 rings (SSSR count). The summed E-state index contributed by atoms with van der Waals surface area (Å²) < 4.78 is 11.6.